The van der Waals surface area contributed by atoms with E-state index >= 15 is 0 Å². The van der Waals surface area contributed by atoms with E-state index in [1.807, 2.05) is 0 Å². The minimum Gasteiger partial charge on any atom is -0.478 e. The number of carbonyl (C=O) groups excluding carboxylic acids is 1. The smallest absolute Gasteiger partial charge is 0.335 e. The van der Waals surface area contributed by atoms with Crippen LogP contribution in [0.25, 0.3) is 0 Å². The van der Waals surface area contributed by atoms with Crippen LogP contribution in [-0.2, 0) is 11.2 Å². The van der Waals surface area contributed by atoms with Crippen LogP contribution in [0, 0.1) is 0 Å². The fraction of sp³-hybridized carbons (Fsp3) is 0.412. The van der Waals surface area contributed by atoms with Crippen molar-refractivity contribution in [3.05, 3.63) is 41.5 Å². The maximum Gasteiger partial charge on any atom is 0.335 e. The molecule has 1 aromatic heterocycles. The molecule has 2 N–H and O–H groups in total. The number of carbonyl (C=O) groups is 2. The molecular formula is C17H19N3O4. The van der Waals surface area contributed by atoms with Gasteiger partial charge in [0.1, 0.15) is 0 Å². The first-order chi connectivity index (χ1) is 11.6. The molecule has 0 radical (unpaired) electrons. The van der Waals surface area contributed by atoms with Crippen LogP contribution in [0.4, 0.5) is 5.69 Å². The van der Waals surface area contributed by atoms with Crippen LogP contribution in [0.3, 0.4) is 0 Å². The number of hydrogen-bond donors (Lipinski definition) is 2. The molecule has 24 heavy (non-hydrogen) atoms. The van der Waals surface area contributed by atoms with Crippen molar-refractivity contribution in [2.75, 3.05) is 5.32 Å². The molecule has 1 aliphatic rings. The molecule has 1 saturated carbocycles. The van der Waals surface area contributed by atoms with Gasteiger partial charge >= 0.3 is 5.97 Å². The van der Waals surface area contributed by atoms with Crippen molar-refractivity contribution >= 4 is 17.6 Å². The Balaban J connectivity index is 1.49. The Labute approximate surface area is 139 Å². The van der Waals surface area contributed by atoms with Crippen molar-refractivity contribution in [2.45, 2.75) is 44.4 Å². The van der Waals surface area contributed by atoms with Crippen LogP contribution in [0.2, 0.25) is 0 Å². The largest absolute Gasteiger partial charge is 0.478 e. The Morgan fingerprint density at radius 1 is 1.21 bits per heavy atom. The second-order valence-electron chi connectivity index (χ2n) is 5.96. The summed E-state index contributed by atoms with van der Waals surface area (Å²) in [4.78, 5) is 27.1. The van der Waals surface area contributed by atoms with Gasteiger partial charge < -0.3 is 14.9 Å². The lowest BCUT2D eigenvalue weighted by Gasteiger charge is -2.04. The number of carboxylic acids is 1. The zero-order valence-corrected chi connectivity index (χ0v) is 13.2. The highest BCUT2D eigenvalue weighted by molar-refractivity contribution is 5.92. The maximum atomic E-state index is 12.0. The van der Waals surface area contributed by atoms with Gasteiger partial charge in [0.2, 0.25) is 11.8 Å². The summed E-state index contributed by atoms with van der Waals surface area (Å²) in [6.07, 6.45) is 5.23. The number of hydrogen-bond acceptors (Lipinski definition) is 5. The van der Waals surface area contributed by atoms with Gasteiger partial charge in [0, 0.05) is 24.4 Å². The fourth-order valence-electron chi connectivity index (χ4n) is 2.86. The molecule has 1 aromatic carbocycles. The van der Waals surface area contributed by atoms with Gasteiger partial charge in [-0.25, -0.2) is 4.79 Å². The fourth-order valence-corrected chi connectivity index (χ4v) is 2.86. The van der Waals surface area contributed by atoms with E-state index in [9.17, 15) is 9.59 Å². The van der Waals surface area contributed by atoms with Crippen molar-refractivity contribution in [2.24, 2.45) is 0 Å². The number of nitrogens with zero attached hydrogens (tertiary/aromatic N) is 2. The molecule has 126 valence electrons. The molecule has 3 rings (SSSR count). The normalized spacial score (nSPS) is 14.7. The monoisotopic (exact) mass is 329 g/mol. The number of amides is 1. The minimum atomic E-state index is -0.998. The van der Waals surface area contributed by atoms with E-state index in [4.69, 9.17) is 9.63 Å². The third-order valence-corrected chi connectivity index (χ3v) is 4.19. The molecule has 0 saturated heterocycles. The lowest BCUT2D eigenvalue weighted by atomic mass is 10.1. The lowest BCUT2D eigenvalue weighted by Crippen LogP contribution is -2.12. The van der Waals surface area contributed by atoms with Gasteiger partial charge in [-0.05, 0) is 37.1 Å². The summed E-state index contributed by atoms with van der Waals surface area (Å²) in [6.45, 7) is 0. The molecule has 0 aliphatic heterocycles. The van der Waals surface area contributed by atoms with Gasteiger partial charge in [0.15, 0.2) is 5.82 Å². The average molecular weight is 329 g/mol. The topological polar surface area (TPSA) is 105 Å². The number of benzene rings is 1. The van der Waals surface area contributed by atoms with Gasteiger partial charge in [-0.1, -0.05) is 18.0 Å². The Kier molecular flexibility index (Phi) is 4.88. The molecule has 0 unspecified atom stereocenters. The number of rotatable bonds is 6. The molecule has 1 amide bonds. The van der Waals surface area contributed by atoms with Crippen LogP contribution in [0.5, 0.6) is 0 Å². The summed E-state index contributed by atoms with van der Waals surface area (Å²) < 4.78 is 5.21. The number of carboxylic acid groups (broad SMARTS) is 1. The first-order valence-electron chi connectivity index (χ1n) is 8.07. The Hall–Kier alpha value is -2.70. The molecule has 2 aromatic rings. The predicted octanol–water partition coefficient (Wildman–Crippen LogP) is 3.00. The van der Waals surface area contributed by atoms with E-state index in [1.165, 1.54) is 25.0 Å². The molecule has 7 nitrogen and oxygen atoms in total. The number of aromatic nitrogens is 2. The van der Waals surface area contributed by atoms with E-state index in [1.54, 1.807) is 12.1 Å². The van der Waals surface area contributed by atoms with E-state index in [2.05, 4.69) is 15.5 Å². The van der Waals surface area contributed by atoms with E-state index in [0.29, 0.717) is 23.9 Å². The van der Waals surface area contributed by atoms with E-state index < -0.39 is 5.97 Å². The van der Waals surface area contributed by atoms with E-state index in [0.717, 1.165) is 18.7 Å². The second kappa shape index (κ2) is 7.25. The first-order valence-corrected chi connectivity index (χ1v) is 8.07. The van der Waals surface area contributed by atoms with Gasteiger partial charge in [-0.2, -0.15) is 4.98 Å². The highest BCUT2D eigenvalue weighted by Crippen LogP contribution is 2.32. The summed E-state index contributed by atoms with van der Waals surface area (Å²) >= 11 is 0. The molecular weight excluding hydrogens is 310 g/mol. The van der Waals surface area contributed by atoms with Crippen LogP contribution in [0.15, 0.2) is 28.8 Å². The summed E-state index contributed by atoms with van der Waals surface area (Å²) in [7, 11) is 0. The van der Waals surface area contributed by atoms with Crippen molar-refractivity contribution in [1.82, 2.24) is 10.1 Å². The predicted molar refractivity (Wildman–Crippen MR) is 85.9 cm³/mol. The van der Waals surface area contributed by atoms with Gasteiger partial charge in [0.05, 0.1) is 5.56 Å². The molecule has 0 spiro atoms. The second-order valence-corrected chi connectivity index (χ2v) is 5.96. The SMILES string of the molecule is O=C(CCc1nc(C2CCCC2)no1)Nc1ccc(C(=O)O)cc1. The van der Waals surface area contributed by atoms with Crippen molar-refractivity contribution in [1.29, 1.82) is 0 Å². The summed E-state index contributed by atoms with van der Waals surface area (Å²) in [6, 6.07) is 6.02. The van der Waals surface area contributed by atoms with Gasteiger partial charge in [0.25, 0.3) is 0 Å². The van der Waals surface area contributed by atoms with Gasteiger partial charge in [-0.3, -0.25) is 4.79 Å². The third kappa shape index (κ3) is 3.98. The quantitative estimate of drug-likeness (QED) is 0.844. The Morgan fingerprint density at radius 3 is 2.58 bits per heavy atom. The minimum absolute atomic E-state index is 0.179. The van der Waals surface area contributed by atoms with Crippen LogP contribution < -0.4 is 5.32 Å². The Bertz CT molecular complexity index is 718. The van der Waals surface area contributed by atoms with Crippen molar-refractivity contribution in [3.8, 4) is 0 Å². The van der Waals surface area contributed by atoms with Crippen LogP contribution in [0.1, 0.15) is 60.1 Å². The number of anilines is 1. The maximum absolute atomic E-state index is 12.0. The Morgan fingerprint density at radius 2 is 1.92 bits per heavy atom. The standard InChI is InChI=1S/C17H19N3O4/c21-14(18-13-7-5-12(6-8-13)17(22)23)9-10-15-19-16(20-24-15)11-3-1-2-4-11/h5-8,11H,1-4,9-10H2,(H,18,21)(H,22,23). The molecule has 0 bridgehead atoms. The zero-order chi connectivity index (χ0) is 16.9. The van der Waals surface area contributed by atoms with E-state index in [-0.39, 0.29) is 17.9 Å². The van der Waals surface area contributed by atoms with Crippen molar-refractivity contribution < 1.29 is 19.2 Å². The molecule has 1 aliphatic carbocycles. The number of aromatic carboxylic acids is 1. The van der Waals surface area contributed by atoms with Crippen LogP contribution in [-0.4, -0.2) is 27.1 Å². The summed E-state index contributed by atoms with van der Waals surface area (Å²) in [5, 5.41) is 15.6. The highest BCUT2D eigenvalue weighted by Gasteiger charge is 2.22. The molecule has 1 heterocycles. The van der Waals surface area contributed by atoms with Gasteiger partial charge in [-0.15, -0.1) is 0 Å². The number of aryl methyl sites for hydroxylation is 1. The summed E-state index contributed by atoms with van der Waals surface area (Å²) in [5.74, 6) is 0.450. The zero-order valence-electron chi connectivity index (χ0n) is 13.2. The molecule has 0 atom stereocenters. The molecule has 7 heteroatoms. The number of nitrogens with one attached hydrogen (secondary N) is 1. The molecule has 1 fully saturated rings. The first kappa shape index (κ1) is 16.2. The van der Waals surface area contributed by atoms with Crippen molar-refractivity contribution in [3.63, 3.8) is 0 Å². The highest BCUT2D eigenvalue weighted by atomic mass is 16.5. The average Bonchev–Trinajstić information content (AvgIpc) is 3.25. The lowest BCUT2D eigenvalue weighted by molar-refractivity contribution is -0.116. The summed E-state index contributed by atoms with van der Waals surface area (Å²) in [5.41, 5.74) is 0.737. The third-order valence-electron chi connectivity index (χ3n) is 4.19. The van der Waals surface area contributed by atoms with Crippen LogP contribution >= 0.6 is 0 Å².